The average Bonchev–Trinajstić information content (AvgIpc) is 2.83. The topological polar surface area (TPSA) is 128 Å². The molecule has 7 atom stereocenters. The van der Waals surface area contributed by atoms with Gasteiger partial charge in [-0.25, -0.2) is 0 Å². The normalized spacial score (nSPS) is 20.5. The summed E-state index contributed by atoms with van der Waals surface area (Å²) >= 11 is 0. The van der Waals surface area contributed by atoms with E-state index in [1.165, 1.54) is 13.3 Å². The zero-order valence-corrected chi connectivity index (χ0v) is 23.7. The summed E-state index contributed by atoms with van der Waals surface area (Å²) in [6, 6.07) is -2.15. The molecule has 0 saturated heterocycles. The van der Waals surface area contributed by atoms with Crippen molar-refractivity contribution in [2.45, 2.75) is 137 Å². The Morgan fingerprint density at radius 3 is 1.78 bits per heavy atom. The van der Waals surface area contributed by atoms with Crippen molar-refractivity contribution < 1.29 is 24.6 Å². The van der Waals surface area contributed by atoms with Crippen LogP contribution in [0.1, 0.15) is 106 Å². The standard InChI is InChI=1S/C28H53N3O5/c1-8-18(5)24(29-20(7)32)28(36)31-25(19(6)9-2)27(35)30-22(16-21-13-11-10-12-14-21)26(34)23(33)15-17(3)4/h17-19,21-26,33-34H,8-16H2,1-7H3,(H,29,32)(H,30,35)(H,31,36)/t18?,19?,22-,23-,24?,25?,26+/m0/s1. The van der Waals surface area contributed by atoms with Gasteiger partial charge in [0.25, 0.3) is 0 Å². The summed E-state index contributed by atoms with van der Waals surface area (Å²) < 4.78 is 0. The first kappa shape index (κ1) is 32.4. The van der Waals surface area contributed by atoms with Crippen LogP contribution in [0.3, 0.4) is 0 Å². The zero-order valence-electron chi connectivity index (χ0n) is 23.7. The van der Waals surface area contributed by atoms with Crippen molar-refractivity contribution in [2.75, 3.05) is 0 Å². The Kier molecular flexibility index (Phi) is 14.6. The van der Waals surface area contributed by atoms with Gasteiger partial charge < -0.3 is 26.2 Å². The highest BCUT2D eigenvalue weighted by Gasteiger charge is 2.36. The first-order valence-corrected chi connectivity index (χ1v) is 14.1. The molecule has 0 aromatic carbocycles. The SMILES string of the molecule is CCC(C)C(NC(C)=O)C(=O)NC(C(=O)N[C@@H](CC1CCCCC1)[C@@H](O)[C@@H](O)CC(C)C)C(C)CC. The van der Waals surface area contributed by atoms with Gasteiger partial charge in [-0.15, -0.1) is 0 Å². The van der Waals surface area contributed by atoms with Crippen LogP contribution in [-0.2, 0) is 14.4 Å². The van der Waals surface area contributed by atoms with Gasteiger partial charge in [0.2, 0.25) is 17.7 Å². The molecule has 0 bridgehead atoms. The third-order valence-corrected chi connectivity index (χ3v) is 7.81. The van der Waals surface area contributed by atoms with E-state index in [0.29, 0.717) is 31.6 Å². The molecule has 0 radical (unpaired) electrons. The van der Waals surface area contributed by atoms with Crippen molar-refractivity contribution in [1.29, 1.82) is 0 Å². The lowest BCUT2D eigenvalue weighted by Crippen LogP contribution is -2.60. The van der Waals surface area contributed by atoms with Crippen molar-refractivity contribution in [3.05, 3.63) is 0 Å². The molecule has 8 nitrogen and oxygen atoms in total. The molecule has 0 aromatic rings. The highest BCUT2D eigenvalue weighted by atomic mass is 16.3. The second-order valence-corrected chi connectivity index (χ2v) is 11.5. The van der Waals surface area contributed by atoms with E-state index in [1.54, 1.807) is 0 Å². The monoisotopic (exact) mass is 511 g/mol. The van der Waals surface area contributed by atoms with Crippen molar-refractivity contribution in [3.8, 4) is 0 Å². The largest absolute Gasteiger partial charge is 0.390 e. The molecule has 1 aliphatic carbocycles. The van der Waals surface area contributed by atoms with Crippen LogP contribution in [-0.4, -0.2) is 58.3 Å². The molecule has 0 aliphatic heterocycles. The predicted molar refractivity (Wildman–Crippen MR) is 143 cm³/mol. The summed E-state index contributed by atoms with van der Waals surface area (Å²) in [6.45, 7) is 13.1. The molecule has 1 rings (SSSR count). The van der Waals surface area contributed by atoms with E-state index < -0.39 is 30.3 Å². The number of aliphatic hydroxyl groups is 2. The Morgan fingerprint density at radius 1 is 0.806 bits per heavy atom. The summed E-state index contributed by atoms with van der Waals surface area (Å²) in [5.74, 6) is -0.701. The number of nitrogens with one attached hydrogen (secondary N) is 3. The second-order valence-electron chi connectivity index (χ2n) is 11.5. The minimum absolute atomic E-state index is 0.0957. The maximum Gasteiger partial charge on any atom is 0.243 e. The third-order valence-electron chi connectivity index (χ3n) is 7.81. The highest BCUT2D eigenvalue weighted by Crippen LogP contribution is 2.29. The fourth-order valence-electron chi connectivity index (χ4n) is 5.09. The molecule has 0 heterocycles. The fraction of sp³-hybridized carbons (Fsp3) is 0.893. The van der Waals surface area contributed by atoms with E-state index in [2.05, 4.69) is 16.0 Å². The van der Waals surface area contributed by atoms with E-state index in [1.807, 2.05) is 41.5 Å². The number of carbonyl (C=O) groups excluding carboxylic acids is 3. The van der Waals surface area contributed by atoms with Crippen molar-refractivity contribution in [2.24, 2.45) is 23.7 Å². The van der Waals surface area contributed by atoms with E-state index >= 15 is 0 Å². The summed E-state index contributed by atoms with van der Waals surface area (Å²) in [5, 5.41) is 30.4. The highest BCUT2D eigenvalue weighted by molar-refractivity contribution is 5.92. The van der Waals surface area contributed by atoms with Crippen molar-refractivity contribution in [3.63, 3.8) is 0 Å². The lowest BCUT2D eigenvalue weighted by molar-refractivity contribution is -0.134. The van der Waals surface area contributed by atoms with E-state index in [-0.39, 0.29) is 35.5 Å². The maximum absolute atomic E-state index is 13.6. The minimum atomic E-state index is -1.08. The van der Waals surface area contributed by atoms with Crippen LogP contribution in [0.15, 0.2) is 0 Å². The average molecular weight is 512 g/mol. The van der Waals surface area contributed by atoms with Crippen LogP contribution in [0.2, 0.25) is 0 Å². The Bertz CT molecular complexity index is 680. The lowest BCUT2D eigenvalue weighted by atomic mass is 9.82. The molecule has 1 saturated carbocycles. The fourth-order valence-corrected chi connectivity index (χ4v) is 5.09. The van der Waals surface area contributed by atoms with Crippen LogP contribution in [0, 0.1) is 23.7 Å². The summed E-state index contributed by atoms with van der Waals surface area (Å²) in [7, 11) is 0. The molecule has 4 unspecified atom stereocenters. The molecule has 8 heteroatoms. The molecular weight excluding hydrogens is 458 g/mol. The van der Waals surface area contributed by atoms with Crippen LogP contribution >= 0.6 is 0 Å². The second kappa shape index (κ2) is 16.2. The summed E-state index contributed by atoms with van der Waals surface area (Å²) in [5.41, 5.74) is 0. The van der Waals surface area contributed by atoms with Crippen LogP contribution in [0.25, 0.3) is 0 Å². The predicted octanol–water partition coefficient (Wildman–Crippen LogP) is 3.29. The van der Waals surface area contributed by atoms with E-state index in [4.69, 9.17) is 0 Å². The van der Waals surface area contributed by atoms with Gasteiger partial charge in [0.15, 0.2) is 0 Å². The molecular formula is C28H53N3O5. The Balaban J connectivity index is 3.10. The minimum Gasteiger partial charge on any atom is -0.390 e. The Morgan fingerprint density at radius 2 is 1.31 bits per heavy atom. The smallest absolute Gasteiger partial charge is 0.243 e. The number of hydrogen-bond acceptors (Lipinski definition) is 5. The van der Waals surface area contributed by atoms with Crippen molar-refractivity contribution >= 4 is 17.7 Å². The van der Waals surface area contributed by atoms with Gasteiger partial charge in [-0.05, 0) is 36.5 Å². The van der Waals surface area contributed by atoms with Crippen LogP contribution in [0.4, 0.5) is 0 Å². The van der Waals surface area contributed by atoms with E-state index in [9.17, 15) is 24.6 Å². The quantitative estimate of drug-likeness (QED) is 0.231. The van der Waals surface area contributed by atoms with Gasteiger partial charge in [0.05, 0.1) is 12.1 Å². The van der Waals surface area contributed by atoms with Crippen LogP contribution < -0.4 is 16.0 Å². The number of amides is 3. The number of hydrogen-bond donors (Lipinski definition) is 5. The van der Waals surface area contributed by atoms with Crippen LogP contribution in [0.5, 0.6) is 0 Å². The number of aliphatic hydroxyl groups excluding tert-OH is 2. The van der Waals surface area contributed by atoms with Gasteiger partial charge in [-0.1, -0.05) is 86.5 Å². The number of rotatable bonds is 15. The van der Waals surface area contributed by atoms with Gasteiger partial charge in [0.1, 0.15) is 18.2 Å². The van der Waals surface area contributed by atoms with Crippen molar-refractivity contribution in [1.82, 2.24) is 16.0 Å². The first-order valence-electron chi connectivity index (χ1n) is 14.1. The Hall–Kier alpha value is -1.67. The Labute approximate surface area is 218 Å². The molecule has 0 spiro atoms. The molecule has 1 fully saturated rings. The van der Waals surface area contributed by atoms with Gasteiger partial charge >= 0.3 is 0 Å². The molecule has 3 amide bonds. The van der Waals surface area contributed by atoms with E-state index in [0.717, 1.165) is 25.7 Å². The maximum atomic E-state index is 13.6. The molecule has 1 aliphatic rings. The summed E-state index contributed by atoms with van der Waals surface area (Å²) in [6.07, 6.45) is 5.98. The molecule has 210 valence electrons. The zero-order chi connectivity index (χ0) is 27.4. The van der Waals surface area contributed by atoms with Gasteiger partial charge in [-0.3, -0.25) is 14.4 Å². The number of carbonyl (C=O) groups is 3. The third kappa shape index (κ3) is 10.8. The van der Waals surface area contributed by atoms with Gasteiger partial charge in [-0.2, -0.15) is 0 Å². The van der Waals surface area contributed by atoms with Gasteiger partial charge in [0, 0.05) is 6.92 Å². The summed E-state index contributed by atoms with van der Waals surface area (Å²) in [4.78, 5) is 38.5. The molecule has 0 aromatic heterocycles. The molecule has 36 heavy (non-hydrogen) atoms. The lowest BCUT2D eigenvalue weighted by Gasteiger charge is -2.35. The first-order chi connectivity index (χ1) is 16.9. The molecule has 5 N–H and O–H groups in total.